The quantitative estimate of drug-likeness (QED) is 0.869. The maximum atomic E-state index is 13.2. The highest BCUT2D eigenvalue weighted by Crippen LogP contribution is 2.18. The summed E-state index contributed by atoms with van der Waals surface area (Å²) < 4.78 is 14.0. The first-order valence-electron chi connectivity index (χ1n) is 5.71. The highest BCUT2D eigenvalue weighted by molar-refractivity contribution is 9.10. The zero-order chi connectivity index (χ0) is 12.1. The second-order valence-corrected chi connectivity index (χ2v) is 5.22. The summed E-state index contributed by atoms with van der Waals surface area (Å²) in [5.74, 6) is 0.321. The Labute approximate surface area is 106 Å². The molecule has 1 aromatic carbocycles. The molecule has 1 nitrogen and oxygen atoms in total. The van der Waals surface area contributed by atoms with Crippen LogP contribution in [0.1, 0.15) is 26.3 Å². The Hall–Kier alpha value is -0.410. The van der Waals surface area contributed by atoms with E-state index < -0.39 is 0 Å². The van der Waals surface area contributed by atoms with Gasteiger partial charge in [-0.2, -0.15) is 0 Å². The fraction of sp³-hybridized carbons (Fsp3) is 0.538. The fourth-order valence-corrected chi connectivity index (χ4v) is 2.31. The molecule has 0 fully saturated rings. The van der Waals surface area contributed by atoms with Crippen LogP contribution in [0.5, 0.6) is 0 Å². The van der Waals surface area contributed by atoms with E-state index in [1.165, 1.54) is 6.07 Å². The summed E-state index contributed by atoms with van der Waals surface area (Å²) in [6.45, 7) is 7.43. The molecule has 0 radical (unpaired) electrons. The largest absolute Gasteiger partial charge is 0.314 e. The Kier molecular flexibility index (Phi) is 5.42. The molecule has 0 aliphatic heterocycles. The van der Waals surface area contributed by atoms with E-state index in [0.29, 0.717) is 12.0 Å². The third-order valence-corrected chi connectivity index (χ3v) is 3.32. The second-order valence-electron chi connectivity index (χ2n) is 4.31. The molecule has 0 saturated carbocycles. The lowest BCUT2D eigenvalue weighted by Gasteiger charge is -2.20. The van der Waals surface area contributed by atoms with Crippen molar-refractivity contribution in [3.8, 4) is 0 Å². The molecule has 0 aliphatic carbocycles. The van der Waals surface area contributed by atoms with Crippen LogP contribution in [0.25, 0.3) is 0 Å². The minimum atomic E-state index is -0.173. The van der Waals surface area contributed by atoms with Gasteiger partial charge < -0.3 is 5.32 Å². The standard InChI is InChI=1S/C13H19BrFN/c1-4-16-10(3)9(2)5-11-6-12(14)8-13(15)7-11/h6-10,16H,4-5H2,1-3H3. The van der Waals surface area contributed by atoms with E-state index in [1.807, 2.05) is 6.07 Å². The number of benzene rings is 1. The van der Waals surface area contributed by atoms with Gasteiger partial charge in [0, 0.05) is 10.5 Å². The number of hydrogen-bond acceptors (Lipinski definition) is 1. The van der Waals surface area contributed by atoms with E-state index in [1.54, 1.807) is 6.07 Å². The number of rotatable bonds is 5. The predicted molar refractivity (Wildman–Crippen MR) is 70.1 cm³/mol. The van der Waals surface area contributed by atoms with Gasteiger partial charge in [0.25, 0.3) is 0 Å². The minimum absolute atomic E-state index is 0.173. The molecule has 3 heteroatoms. The first-order valence-corrected chi connectivity index (χ1v) is 6.50. The van der Waals surface area contributed by atoms with E-state index in [4.69, 9.17) is 0 Å². The Morgan fingerprint density at radius 2 is 2.00 bits per heavy atom. The van der Waals surface area contributed by atoms with Gasteiger partial charge in [-0.05, 0) is 49.6 Å². The summed E-state index contributed by atoms with van der Waals surface area (Å²) in [5.41, 5.74) is 1.05. The highest BCUT2D eigenvalue weighted by atomic mass is 79.9. The number of halogens is 2. The maximum Gasteiger partial charge on any atom is 0.124 e. The molecule has 90 valence electrons. The summed E-state index contributed by atoms with van der Waals surface area (Å²) in [7, 11) is 0. The molecule has 1 N–H and O–H groups in total. The molecule has 2 atom stereocenters. The molecule has 1 aromatic rings. The molecule has 0 saturated heterocycles. The van der Waals surface area contributed by atoms with Crippen molar-refractivity contribution in [3.05, 3.63) is 34.1 Å². The SMILES string of the molecule is CCNC(C)C(C)Cc1cc(F)cc(Br)c1. The average Bonchev–Trinajstić information content (AvgIpc) is 2.16. The van der Waals surface area contributed by atoms with Gasteiger partial charge in [-0.3, -0.25) is 0 Å². The van der Waals surface area contributed by atoms with Gasteiger partial charge >= 0.3 is 0 Å². The van der Waals surface area contributed by atoms with Crippen LogP contribution in [0, 0.1) is 11.7 Å². The maximum absolute atomic E-state index is 13.2. The fourth-order valence-electron chi connectivity index (χ4n) is 1.80. The van der Waals surface area contributed by atoms with Gasteiger partial charge in [-0.15, -0.1) is 0 Å². The van der Waals surface area contributed by atoms with E-state index >= 15 is 0 Å². The third-order valence-electron chi connectivity index (χ3n) is 2.86. The minimum Gasteiger partial charge on any atom is -0.314 e. The van der Waals surface area contributed by atoms with Crippen molar-refractivity contribution in [1.29, 1.82) is 0 Å². The summed E-state index contributed by atoms with van der Waals surface area (Å²) in [4.78, 5) is 0. The molecule has 0 bridgehead atoms. The first kappa shape index (κ1) is 13.7. The van der Waals surface area contributed by atoms with Crippen molar-refractivity contribution >= 4 is 15.9 Å². The van der Waals surface area contributed by atoms with Gasteiger partial charge in [0.05, 0.1) is 0 Å². The summed E-state index contributed by atoms with van der Waals surface area (Å²) in [6, 6.07) is 5.53. The Balaban J connectivity index is 2.65. The molecule has 0 aromatic heterocycles. The number of hydrogen-bond donors (Lipinski definition) is 1. The second kappa shape index (κ2) is 6.36. The monoisotopic (exact) mass is 287 g/mol. The van der Waals surface area contributed by atoms with Gasteiger partial charge in [-0.25, -0.2) is 4.39 Å². The molecule has 0 heterocycles. The molecule has 2 unspecified atom stereocenters. The van der Waals surface area contributed by atoms with Crippen molar-refractivity contribution in [2.75, 3.05) is 6.54 Å². The van der Waals surface area contributed by atoms with Gasteiger partial charge in [0.2, 0.25) is 0 Å². The highest BCUT2D eigenvalue weighted by Gasteiger charge is 2.12. The zero-order valence-electron chi connectivity index (χ0n) is 10.1. The van der Waals surface area contributed by atoms with Crippen LogP contribution in [0.15, 0.2) is 22.7 Å². The first-order chi connectivity index (χ1) is 7.52. The van der Waals surface area contributed by atoms with Crippen LogP contribution >= 0.6 is 15.9 Å². The Morgan fingerprint density at radius 1 is 1.31 bits per heavy atom. The van der Waals surface area contributed by atoms with E-state index in [9.17, 15) is 4.39 Å². The van der Waals surface area contributed by atoms with Crippen molar-refractivity contribution < 1.29 is 4.39 Å². The van der Waals surface area contributed by atoms with Gasteiger partial charge in [-0.1, -0.05) is 29.8 Å². The smallest absolute Gasteiger partial charge is 0.124 e. The van der Waals surface area contributed by atoms with Crippen molar-refractivity contribution in [2.24, 2.45) is 5.92 Å². The molecule has 1 rings (SSSR count). The predicted octanol–water partition coefficient (Wildman–Crippen LogP) is 3.76. The normalized spacial score (nSPS) is 14.8. The van der Waals surface area contributed by atoms with Gasteiger partial charge in [0.1, 0.15) is 5.82 Å². The summed E-state index contributed by atoms with van der Waals surface area (Å²) in [6.07, 6.45) is 0.893. The molecule has 0 aliphatic rings. The van der Waals surface area contributed by atoms with Crippen LogP contribution in [0.2, 0.25) is 0 Å². The molecular formula is C13H19BrFN. The average molecular weight is 288 g/mol. The van der Waals surface area contributed by atoms with Crippen molar-refractivity contribution in [3.63, 3.8) is 0 Å². The number of nitrogens with one attached hydrogen (secondary N) is 1. The van der Waals surface area contributed by atoms with E-state index in [0.717, 1.165) is 23.0 Å². The third kappa shape index (κ3) is 4.22. The van der Waals surface area contributed by atoms with Crippen LogP contribution in [0.4, 0.5) is 4.39 Å². The lowest BCUT2D eigenvalue weighted by Crippen LogP contribution is -2.32. The summed E-state index contributed by atoms with van der Waals surface area (Å²) >= 11 is 3.32. The van der Waals surface area contributed by atoms with Crippen LogP contribution in [0.3, 0.4) is 0 Å². The Morgan fingerprint density at radius 3 is 2.56 bits per heavy atom. The van der Waals surface area contributed by atoms with Crippen molar-refractivity contribution in [1.82, 2.24) is 5.32 Å². The van der Waals surface area contributed by atoms with E-state index in [-0.39, 0.29) is 5.82 Å². The molecule has 0 amide bonds. The van der Waals surface area contributed by atoms with Crippen LogP contribution < -0.4 is 5.32 Å². The van der Waals surface area contributed by atoms with Crippen molar-refractivity contribution in [2.45, 2.75) is 33.2 Å². The summed E-state index contributed by atoms with van der Waals surface area (Å²) in [5, 5.41) is 3.39. The lowest BCUT2D eigenvalue weighted by atomic mass is 9.95. The lowest BCUT2D eigenvalue weighted by molar-refractivity contribution is 0.406. The molecular weight excluding hydrogens is 269 g/mol. The van der Waals surface area contributed by atoms with Crippen LogP contribution in [-0.2, 0) is 6.42 Å². The zero-order valence-corrected chi connectivity index (χ0v) is 11.6. The molecule has 16 heavy (non-hydrogen) atoms. The topological polar surface area (TPSA) is 12.0 Å². The van der Waals surface area contributed by atoms with Gasteiger partial charge in [0.15, 0.2) is 0 Å². The van der Waals surface area contributed by atoms with Crippen LogP contribution in [-0.4, -0.2) is 12.6 Å². The van der Waals surface area contributed by atoms with E-state index in [2.05, 4.69) is 42.0 Å². The molecule has 0 spiro atoms. The Bertz CT molecular complexity index is 320.